The number of halogens is 2. The van der Waals surface area contributed by atoms with Gasteiger partial charge in [0.15, 0.2) is 0 Å². The van der Waals surface area contributed by atoms with Crippen molar-refractivity contribution >= 4 is 38.6 Å². The van der Waals surface area contributed by atoms with E-state index in [1.54, 1.807) is 6.92 Å². The van der Waals surface area contributed by atoms with Gasteiger partial charge in [0.2, 0.25) is 0 Å². The summed E-state index contributed by atoms with van der Waals surface area (Å²) >= 11 is -0.826. The summed E-state index contributed by atoms with van der Waals surface area (Å²) in [6, 6.07) is 27.9. The van der Waals surface area contributed by atoms with Crippen LogP contribution in [0.25, 0.3) is 43.8 Å². The second kappa shape index (κ2) is 18.2. The van der Waals surface area contributed by atoms with Crippen molar-refractivity contribution in [3.8, 4) is 22.3 Å². The first-order valence-corrected chi connectivity index (χ1v) is 23.7. The number of hydrogen-bond acceptors (Lipinski definition) is 0. The van der Waals surface area contributed by atoms with E-state index in [1.165, 1.54) is 99.4 Å². The third-order valence-electron chi connectivity index (χ3n) is 10.1. The maximum atomic E-state index is 4.93. The van der Waals surface area contributed by atoms with Crippen molar-refractivity contribution in [2.24, 2.45) is 0 Å². The Hall–Kier alpha value is -2.44. The van der Waals surface area contributed by atoms with E-state index in [-0.39, 0.29) is 0 Å². The predicted molar refractivity (Wildman–Crippen MR) is 219 cm³/mol. The van der Waals surface area contributed by atoms with Crippen molar-refractivity contribution in [3.63, 3.8) is 0 Å². The fourth-order valence-electron chi connectivity index (χ4n) is 6.32. The van der Waals surface area contributed by atoms with Gasteiger partial charge in [-0.1, -0.05) is 112 Å². The molecule has 0 aliphatic rings. The summed E-state index contributed by atoms with van der Waals surface area (Å²) in [6.45, 7) is 31.8. The first-order valence-electron chi connectivity index (χ1n) is 17.4. The molecule has 0 N–H and O–H groups in total. The number of aryl methyl sites for hydroxylation is 8. The van der Waals surface area contributed by atoms with Crippen molar-refractivity contribution < 1.29 is 20.8 Å². The van der Waals surface area contributed by atoms with E-state index >= 15 is 0 Å². The molecule has 0 unspecified atom stereocenters. The number of hydrogen-bond donors (Lipinski definition) is 0. The van der Waals surface area contributed by atoms with Crippen LogP contribution < -0.4 is 0 Å². The van der Waals surface area contributed by atoms with Crippen LogP contribution in [0.2, 0.25) is 0 Å². The molecular weight excluding hydrogens is 715 g/mol. The van der Waals surface area contributed by atoms with Gasteiger partial charge in [-0.2, -0.15) is 19.1 Å². The van der Waals surface area contributed by atoms with Crippen LogP contribution in [0.5, 0.6) is 0 Å². The van der Waals surface area contributed by atoms with Crippen LogP contribution in [-0.2, 0) is 20.8 Å². The van der Waals surface area contributed by atoms with Crippen LogP contribution in [0.4, 0.5) is 0 Å². The zero-order chi connectivity index (χ0) is 36.7. The Bertz CT molecular complexity index is 1870. The number of rotatable bonds is 4. The third-order valence-corrected chi connectivity index (χ3v) is 10.1. The number of benzene rings is 4. The molecule has 49 heavy (non-hydrogen) atoms. The minimum absolute atomic E-state index is 0.569. The van der Waals surface area contributed by atoms with E-state index in [0.717, 1.165) is 0 Å². The second-order valence-electron chi connectivity index (χ2n) is 13.9. The molecule has 0 atom stereocenters. The standard InChI is InChI=1S/2C22H25.C2H5.2ClH.Zr/c2*1-13(2)19-11-20-17(6)16(5)10-21(22(20)12-19)18-8-7-14(3)15(4)9-18;1-2;;;/h2*7-13H,1-6H3;1H2,2H3;2*1H;/q3*-1;;;+2/p-2. The molecule has 0 saturated carbocycles. The molecule has 6 aromatic rings. The Morgan fingerprint density at radius 2 is 0.816 bits per heavy atom. The van der Waals surface area contributed by atoms with Crippen molar-refractivity contribution in [1.29, 1.82) is 0 Å². The Morgan fingerprint density at radius 1 is 0.490 bits per heavy atom. The van der Waals surface area contributed by atoms with Crippen LogP contribution in [0.3, 0.4) is 0 Å². The zero-order valence-electron chi connectivity index (χ0n) is 32.0. The van der Waals surface area contributed by atoms with Gasteiger partial charge in [-0.05, 0) is 86.8 Å². The monoisotopic (exact) mass is 767 g/mol. The zero-order valence-corrected chi connectivity index (χ0v) is 36.0. The van der Waals surface area contributed by atoms with E-state index in [9.17, 15) is 0 Å². The molecule has 0 nitrogen and oxygen atoms in total. The van der Waals surface area contributed by atoms with Crippen molar-refractivity contribution in [2.45, 2.75) is 102 Å². The number of fused-ring (bicyclic) bond motifs is 2. The molecule has 6 aromatic carbocycles. The molecule has 0 heterocycles. The molecule has 0 saturated heterocycles. The predicted octanol–water partition coefficient (Wildman–Crippen LogP) is 15.4. The molecule has 0 aromatic heterocycles. The Morgan fingerprint density at radius 3 is 1.10 bits per heavy atom. The van der Waals surface area contributed by atoms with Crippen molar-refractivity contribution in [3.05, 3.63) is 135 Å². The van der Waals surface area contributed by atoms with Gasteiger partial charge in [0.05, 0.1) is 0 Å². The summed E-state index contributed by atoms with van der Waals surface area (Å²) in [5.74, 6) is 1.14. The Balaban J connectivity index is 0.000000235. The molecule has 0 aliphatic heterocycles. The van der Waals surface area contributed by atoms with Gasteiger partial charge in [0.1, 0.15) is 0 Å². The van der Waals surface area contributed by atoms with Crippen LogP contribution in [0.1, 0.15) is 102 Å². The van der Waals surface area contributed by atoms with E-state index in [2.05, 4.69) is 163 Å². The molecule has 0 radical (unpaired) electrons. The molecule has 0 amide bonds. The van der Waals surface area contributed by atoms with Gasteiger partial charge in [0, 0.05) is 0 Å². The summed E-state index contributed by atoms with van der Waals surface area (Å²) in [5.41, 5.74) is 19.3. The topological polar surface area (TPSA) is 0 Å². The average Bonchev–Trinajstić information content (AvgIpc) is 3.72. The van der Waals surface area contributed by atoms with E-state index in [1.807, 2.05) is 0 Å². The van der Waals surface area contributed by atoms with Gasteiger partial charge in [-0.25, -0.2) is 0 Å². The first-order chi connectivity index (χ1) is 23.2. The fraction of sp³-hybridized carbons (Fsp3) is 0.326. The van der Waals surface area contributed by atoms with Gasteiger partial charge < -0.3 is 6.92 Å². The van der Waals surface area contributed by atoms with Crippen molar-refractivity contribution in [2.75, 3.05) is 0 Å². The van der Waals surface area contributed by atoms with Gasteiger partial charge >= 0.3 is 37.9 Å². The normalized spacial score (nSPS) is 10.8. The molecule has 0 spiro atoms. The molecule has 0 fully saturated rings. The molecule has 6 rings (SSSR count). The van der Waals surface area contributed by atoms with Gasteiger partial charge in [-0.3, -0.25) is 0 Å². The second-order valence-corrected chi connectivity index (χ2v) is 17.7. The average molecular weight is 770 g/mol. The molecular formula is C46H55Cl2Zr-3. The van der Waals surface area contributed by atoms with E-state index in [0.29, 0.717) is 11.8 Å². The van der Waals surface area contributed by atoms with Gasteiger partial charge in [0.25, 0.3) is 0 Å². The van der Waals surface area contributed by atoms with Crippen LogP contribution >= 0.6 is 17.0 Å². The SMILES string of the molecule is Cc1ccc(-c2cc(C)c(C)c3[cH-]c(C(C)C)cc23)cc1C.Cc1ccc(-c2cc(C)c(C)c3[cH-]c(C(C)C)cc23)cc1C.[CH2-]C.[Cl][Zr][Cl]. The summed E-state index contributed by atoms with van der Waals surface area (Å²) in [4.78, 5) is 0. The van der Waals surface area contributed by atoms with Crippen LogP contribution in [0, 0.1) is 62.3 Å². The molecule has 3 heteroatoms. The quantitative estimate of drug-likeness (QED) is 0.157. The minimum atomic E-state index is -0.826. The van der Waals surface area contributed by atoms with E-state index < -0.39 is 20.8 Å². The summed E-state index contributed by atoms with van der Waals surface area (Å²) in [7, 11) is 9.87. The summed E-state index contributed by atoms with van der Waals surface area (Å²) in [6.07, 6.45) is 0. The van der Waals surface area contributed by atoms with E-state index in [4.69, 9.17) is 17.0 Å². The first kappa shape index (κ1) is 41.0. The Kier molecular flexibility index (Phi) is 15.2. The van der Waals surface area contributed by atoms with Crippen molar-refractivity contribution in [1.82, 2.24) is 0 Å². The van der Waals surface area contributed by atoms with Crippen LogP contribution in [-0.4, -0.2) is 0 Å². The van der Waals surface area contributed by atoms with Crippen LogP contribution in [0.15, 0.2) is 72.8 Å². The molecule has 0 aliphatic carbocycles. The maximum absolute atomic E-state index is 4.93. The third kappa shape index (κ3) is 9.47. The summed E-state index contributed by atoms with van der Waals surface area (Å²) in [5, 5.41) is 5.62. The Labute approximate surface area is 316 Å². The molecule has 260 valence electrons. The molecule has 0 bridgehead atoms. The van der Waals surface area contributed by atoms with Gasteiger partial charge in [-0.15, -0.1) is 55.9 Å². The summed E-state index contributed by atoms with van der Waals surface area (Å²) < 4.78 is 0. The fourth-order valence-corrected chi connectivity index (χ4v) is 6.32.